The van der Waals surface area contributed by atoms with E-state index in [4.69, 9.17) is 5.11 Å². The van der Waals surface area contributed by atoms with E-state index in [1.54, 1.807) is 0 Å². The van der Waals surface area contributed by atoms with Crippen molar-refractivity contribution in [3.05, 3.63) is 0 Å². The number of hydrogen-bond donors (Lipinski definition) is 1. The SMILES string of the molecule is CCCCCCCO.[NaH]. The number of aliphatic hydroxyl groups excluding tert-OH is 1. The standard InChI is InChI=1S/C7H16O.Na.H/c1-2-3-4-5-6-7-8;;/h8H,2-7H2,1H3;;. The molecule has 0 fully saturated rings. The fraction of sp³-hybridized carbons (Fsp3) is 1.00. The molecule has 1 N–H and O–H groups in total. The molecule has 0 radical (unpaired) electrons. The van der Waals surface area contributed by atoms with Crippen molar-refractivity contribution in [1.29, 1.82) is 0 Å². The predicted molar refractivity (Wildman–Crippen MR) is 43.0 cm³/mol. The molecule has 0 aromatic heterocycles. The van der Waals surface area contributed by atoms with Crippen LogP contribution >= 0.6 is 0 Å². The van der Waals surface area contributed by atoms with Crippen LogP contribution in [-0.2, 0) is 0 Å². The molecule has 0 unspecified atom stereocenters. The van der Waals surface area contributed by atoms with E-state index in [9.17, 15) is 0 Å². The first-order valence-corrected chi connectivity index (χ1v) is 3.52. The normalized spacial score (nSPS) is 8.67. The Kier molecular flexibility index (Phi) is 16.4. The Morgan fingerprint density at radius 3 is 2.00 bits per heavy atom. The van der Waals surface area contributed by atoms with E-state index in [0.717, 1.165) is 6.42 Å². The summed E-state index contributed by atoms with van der Waals surface area (Å²) in [6.45, 7) is 2.56. The van der Waals surface area contributed by atoms with Crippen molar-refractivity contribution in [3.63, 3.8) is 0 Å². The molecule has 0 aromatic rings. The topological polar surface area (TPSA) is 20.2 Å². The molecular weight excluding hydrogens is 123 g/mol. The zero-order valence-corrected chi connectivity index (χ0v) is 5.69. The van der Waals surface area contributed by atoms with E-state index >= 15 is 0 Å². The van der Waals surface area contributed by atoms with Crippen LogP contribution in [0.25, 0.3) is 0 Å². The number of aliphatic hydroxyl groups is 1. The third-order valence-corrected chi connectivity index (χ3v) is 1.26. The van der Waals surface area contributed by atoms with Crippen LogP contribution in [0.1, 0.15) is 39.0 Å². The fourth-order valence-electron chi connectivity index (χ4n) is 0.715. The Balaban J connectivity index is 0. The third kappa shape index (κ3) is 12.2. The van der Waals surface area contributed by atoms with Crippen molar-refractivity contribution in [2.75, 3.05) is 6.61 Å². The van der Waals surface area contributed by atoms with Gasteiger partial charge in [0, 0.05) is 6.61 Å². The van der Waals surface area contributed by atoms with Gasteiger partial charge in [0.2, 0.25) is 0 Å². The molecule has 9 heavy (non-hydrogen) atoms. The molecule has 0 saturated carbocycles. The Morgan fingerprint density at radius 1 is 1.00 bits per heavy atom. The van der Waals surface area contributed by atoms with Gasteiger partial charge < -0.3 is 5.11 Å². The van der Waals surface area contributed by atoms with Crippen LogP contribution in [-0.4, -0.2) is 41.3 Å². The van der Waals surface area contributed by atoms with Gasteiger partial charge in [0.15, 0.2) is 0 Å². The maximum absolute atomic E-state index is 8.37. The van der Waals surface area contributed by atoms with Crippen LogP contribution in [0.3, 0.4) is 0 Å². The quantitative estimate of drug-likeness (QED) is 0.451. The molecular formula is C7H17NaO. The monoisotopic (exact) mass is 140 g/mol. The Morgan fingerprint density at radius 2 is 1.56 bits per heavy atom. The van der Waals surface area contributed by atoms with Gasteiger partial charge in [0.05, 0.1) is 0 Å². The summed E-state index contributed by atoms with van der Waals surface area (Å²) in [7, 11) is 0. The van der Waals surface area contributed by atoms with E-state index in [-0.39, 0.29) is 29.6 Å². The molecule has 0 rings (SSSR count). The second-order valence-electron chi connectivity index (χ2n) is 2.14. The van der Waals surface area contributed by atoms with Gasteiger partial charge in [-0.15, -0.1) is 0 Å². The maximum atomic E-state index is 8.37. The van der Waals surface area contributed by atoms with Gasteiger partial charge in [-0.25, -0.2) is 0 Å². The average Bonchev–Trinajstić information content (AvgIpc) is 1.81. The van der Waals surface area contributed by atoms with Gasteiger partial charge in [0.25, 0.3) is 0 Å². The second kappa shape index (κ2) is 11.7. The molecule has 0 aliphatic heterocycles. The summed E-state index contributed by atoms with van der Waals surface area (Å²) < 4.78 is 0. The molecule has 0 atom stereocenters. The first-order chi connectivity index (χ1) is 3.91. The number of rotatable bonds is 5. The van der Waals surface area contributed by atoms with Crippen LogP contribution in [0.15, 0.2) is 0 Å². The van der Waals surface area contributed by atoms with Gasteiger partial charge in [0.1, 0.15) is 0 Å². The van der Waals surface area contributed by atoms with Crippen molar-refractivity contribution in [2.45, 2.75) is 39.0 Å². The fourth-order valence-corrected chi connectivity index (χ4v) is 0.715. The van der Waals surface area contributed by atoms with Crippen LogP contribution < -0.4 is 0 Å². The molecule has 0 amide bonds. The molecule has 0 saturated heterocycles. The summed E-state index contributed by atoms with van der Waals surface area (Å²) in [6, 6.07) is 0. The van der Waals surface area contributed by atoms with Crippen LogP contribution in [0.5, 0.6) is 0 Å². The molecule has 0 bridgehead atoms. The van der Waals surface area contributed by atoms with Crippen molar-refractivity contribution in [2.24, 2.45) is 0 Å². The van der Waals surface area contributed by atoms with Gasteiger partial charge in [-0.3, -0.25) is 0 Å². The number of hydrogen-bond acceptors (Lipinski definition) is 1. The van der Waals surface area contributed by atoms with Gasteiger partial charge in [-0.05, 0) is 6.42 Å². The Labute approximate surface area is 80.1 Å². The summed E-state index contributed by atoms with van der Waals surface area (Å²) in [5, 5.41) is 8.37. The summed E-state index contributed by atoms with van der Waals surface area (Å²) in [6.07, 6.45) is 6.08. The average molecular weight is 140 g/mol. The second-order valence-corrected chi connectivity index (χ2v) is 2.14. The summed E-state index contributed by atoms with van der Waals surface area (Å²) >= 11 is 0. The minimum absolute atomic E-state index is 0. The summed E-state index contributed by atoms with van der Waals surface area (Å²) in [4.78, 5) is 0. The zero-order valence-electron chi connectivity index (χ0n) is 5.69. The summed E-state index contributed by atoms with van der Waals surface area (Å²) in [5.41, 5.74) is 0. The van der Waals surface area contributed by atoms with E-state index in [2.05, 4.69) is 6.92 Å². The Hall–Kier alpha value is 0.960. The van der Waals surface area contributed by atoms with E-state index in [0.29, 0.717) is 6.61 Å². The molecule has 52 valence electrons. The van der Waals surface area contributed by atoms with Crippen LogP contribution in [0.2, 0.25) is 0 Å². The molecule has 0 aliphatic rings. The minimum atomic E-state index is 0. The van der Waals surface area contributed by atoms with Crippen molar-refractivity contribution >= 4 is 29.6 Å². The third-order valence-electron chi connectivity index (χ3n) is 1.26. The van der Waals surface area contributed by atoms with Gasteiger partial charge in [-0.2, -0.15) is 0 Å². The van der Waals surface area contributed by atoms with Crippen LogP contribution in [0.4, 0.5) is 0 Å². The van der Waals surface area contributed by atoms with Gasteiger partial charge >= 0.3 is 29.6 Å². The molecule has 0 spiro atoms. The van der Waals surface area contributed by atoms with E-state index < -0.39 is 0 Å². The zero-order chi connectivity index (χ0) is 6.24. The summed E-state index contributed by atoms with van der Waals surface area (Å²) in [5.74, 6) is 0. The van der Waals surface area contributed by atoms with Crippen LogP contribution in [0, 0.1) is 0 Å². The molecule has 2 heteroatoms. The predicted octanol–water partition coefficient (Wildman–Crippen LogP) is 1.30. The first-order valence-electron chi connectivity index (χ1n) is 3.52. The van der Waals surface area contributed by atoms with Crippen molar-refractivity contribution < 1.29 is 5.11 Å². The van der Waals surface area contributed by atoms with E-state index in [1.807, 2.05) is 0 Å². The first kappa shape index (κ1) is 12.6. The van der Waals surface area contributed by atoms with Gasteiger partial charge in [-0.1, -0.05) is 32.6 Å². The molecule has 0 heterocycles. The van der Waals surface area contributed by atoms with Crippen molar-refractivity contribution in [3.8, 4) is 0 Å². The molecule has 0 aromatic carbocycles. The van der Waals surface area contributed by atoms with Crippen molar-refractivity contribution in [1.82, 2.24) is 0 Å². The Bertz CT molecular complexity index is 33.9. The van der Waals surface area contributed by atoms with E-state index in [1.165, 1.54) is 25.7 Å². The molecule has 1 nitrogen and oxygen atoms in total. The molecule has 0 aliphatic carbocycles. The number of unbranched alkanes of at least 4 members (excludes halogenated alkanes) is 4.